The van der Waals surface area contributed by atoms with Crippen molar-refractivity contribution in [2.75, 3.05) is 0 Å². The molecule has 1 fully saturated rings. The Morgan fingerprint density at radius 2 is 2.04 bits per heavy atom. The van der Waals surface area contributed by atoms with Gasteiger partial charge in [0.05, 0.1) is 0 Å². The van der Waals surface area contributed by atoms with E-state index in [0.717, 1.165) is 18.7 Å². The Hall–Kier alpha value is -1.92. The maximum absolute atomic E-state index is 11.9. The Kier molecular flexibility index (Phi) is 6.12. The average molecular weight is 323 g/mol. The van der Waals surface area contributed by atoms with E-state index < -0.39 is 12.0 Å². The second kappa shape index (κ2) is 8.08. The van der Waals surface area contributed by atoms with Crippen molar-refractivity contribution in [3.8, 4) is 0 Å². The van der Waals surface area contributed by atoms with Crippen molar-refractivity contribution in [3.63, 3.8) is 0 Å². The lowest BCUT2D eigenvalue weighted by Gasteiger charge is -2.16. The average Bonchev–Trinajstić information content (AvgIpc) is 3.14. The molecule has 0 unspecified atom stereocenters. The van der Waals surface area contributed by atoms with Crippen LogP contribution < -0.4 is 5.32 Å². The first kappa shape index (κ1) is 17.4. The molecule has 7 nitrogen and oxygen atoms in total. The molecule has 1 amide bonds. The van der Waals surface area contributed by atoms with Gasteiger partial charge in [0.1, 0.15) is 6.04 Å². The van der Waals surface area contributed by atoms with Crippen molar-refractivity contribution in [2.45, 2.75) is 70.8 Å². The summed E-state index contributed by atoms with van der Waals surface area (Å²) in [7, 11) is 0. The van der Waals surface area contributed by atoms with E-state index in [4.69, 9.17) is 9.63 Å². The molecule has 1 aromatic rings. The molecule has 0 saturated heterocycles. The highest BCUT2D eigenvalue weighted by Crippen LogP contribution is 2.32. The third-order valence-electron chi connectivity index (χ3n) is 4.11. The van der Waals surface area contributed by atoms with E-state index in [2.05, 4.69) is 15.5 Å². The van der Waals surface area contributed by atoms with Crippen molar-refractivity contribution < 1.29 is 19.2 Å². The van der Waals surface area contributed by atoms with Crippen LogP contribution in [0.3, 0.4) is 0 Å². The second-order valence-corrected chi connectivity index (χ2v) is 6.62. The van der Waals surface area contributed by atoms with Gasteiger partial charge in [0.2, 0.25) is 11.8 Å². The highest BCUT2D eigenvalue weighted by molar-refractivity contribution is 5.83. The van der Waals surface area contributed by atoms with Crippen LogP contribution in [0.25, 0.3) is 0 Å². The summed E-state index contributed by atoms with van der Waals surface area (Å²) in [6.07, 6.45) is 5.47. The molecule has 0 spiro atoms. The molecule has 0 aromatic carbocycles. The largest absolute Gasteiger partial charge is 0.480 e. The Bertz CT molecular complexity index is 535. The lowest BCUT2D eigenvalue weighted by molar-refractivity contribution is -0.142. The number of carboxylic acids is 1. The lowest BCUT2D eigenvalue weighted by Crippen LogP contribution is -2.41. The number of carbonyl (C=O) groups excluding carboxylic acids is 1. The second-order valence-electron chi connectivity index (χ2n) is 6.62. The molecule has 23 heavy (non-hydrogen) atoms. The van der Waals surface area contributed by atoms with E-state index in [9.17, 15) is 9.59 Å². The molecule has 1 aliphatic rings. The van der Waals surface area contributed by atoms with E-state index >= 15 is 0 Å². The number of nitrogens with one attached hydrogen (secondary N) is 1. The van der Waals surface area contributed by atoms with Gasteiger partial charge >= 0.3 is 5.97 Å². The molecule has 128 valence electrons. The third kappa shape index (κ3) is 5.33. The monoisotopic (exact) mass is 323 g/mol. The molecular formula is C16H25N3O4. The summed E-state index contributed by atoms with van der Waals surface area (Å²) in [5.74, 6) is 0.441. The predicted molar refractivity (Wildman–Crippen MR) is 82.8 cm³/mol. The maximum atomic E-state index is 11.9. The number of rotatable bonds is 8. The molecule has 1 heterocycles. The molecule has 1 saturated carbocycles. The SMILES string of the molecule is CC(C)C[C@@H](NC(=O)CCc1nc(C2CCCC2)no1)C(=O)O. The number of aromatic nitrogens is 2. The van der Waals surface area contributed by atoms with Crippen LogP contribution in [-0.2, 0) is 16.0 Å². The van der Waals surface area contributed by atoms with Crippen LogP contribution in [-0.4, -0.2) is 33.2 Å². The fourth-order valence-corrected chi connectivity index (χ4v) is 2.90. The number of hydrogen-bond donors (Lipinski definition) is 2. The van der Waals surface area contributed by atoms with Gasteiger partial charge in [-0.2, -0.15) is 4.98 Å². The first-order valence-corrected chi connectivity index (χ1v) is 8.30. The van der Waals surface area contributed by atoms with Gasteiger partial charge in [-0.15, -0.1) is 0 Å². The Morgan fingerprint density at radius 1 is 1.35 bits per heavy atom. The first-order valence-electron chi connectivity index (χ1n) is 8.30. The Morgan fingerprint density at radius 3 is 2.65 bits per heavy atom. The fraction of sp³-hybridized carbons (Fsp3) is 0.750. The van der Waals surface area contributed by atoms with Crippen LogP contribution in [0.15, 0.2) is 4.52 Å². The van der Waals surface area contributed by atoms with Crippen LogP contribution in [0.2, 0.25) is 0 Å². The van der Waals surface area contributed by atoms with Crippen molar-refractivity contribution in [1.82, 2.24) is 15.5 Å². The van der Waals surface area contributed by atoms with Crippen LogP contribution in [0, 0.1) is 5.92 Å². The fourth-order valence-electron chi connectivity index (χ4n) is 2.90. The highest BCUT2D eigenvalue weighted by atomic mass is 16.5. The van der Waals surface area contributed by atoms with Gasteiger partial charge in [-0.25, -0.2) is 4.79 Å². The van der Waals surface area contributed by atoms with Gasteiger partial charge in [-0.3, -0.25) is 4.79 Å². The minimum atomic E-state index is -1.01. The normalized spacial score (nSPS) is 16.7. The maximum Gasteiger partial charge on any atom is 0.326 e. The molecule has 1 atom stereocenters. The molecule has 1 aliphatic carbocycles. The van der Waals surface area contributed by atoms with E-state index in [1.165, 1.54) is 12.8 Å². The summed E-state index contributed by atoms with van der Waals surface area (Å²) in [6, 6.07) is -0.848. The van der Waals surface area contributed by atoms with Crippen molar-refractivity contribution in [2.24, 2.45) is 5.92 Å². The van der Waals surface area contributed by atoms with Crippen LogP contribution in [0.1, 0.15) is 70.0 Å². The number of carboxylic acid groups (broad SMARTS) is 1. The van der Waals surface area contributed by atoms with Crippen molar-refractivity contribution in [1.29, 1.82) is 0 Å². The molecule has 0 radical (unpaired) electrons. The van der Waals surface area contributed by atoms with Crippen molar-refractivity contribution in [3.05, 3.63) is 11.7 Å². The lowest BCUT2D eigenvalue weighted by atomic mass is 10.0. The molecule has 2 N–H and O–H groups in total. The quantitative estimate of drug-likeness (QED) is 0.760. The van der Waals surface area contributed by atoms with Gasteiger partial charge in [0.25, 0.3) is 0 Å². The van der Waals surface area contributed by atoms with Gasteiger partial charge < -0.3 is 14.9 Å². The van der Waals surface area contributed by atoms with Gasteiger partial charge in [0.15, 0.2) is 5.82 Å². The minimum Gasteiger partial charge on any atom is -0.480 e. The summed E-state index contributed by atoms with van der Waals surface area (Å²) in [5.41, 5.74) is 0. The predicted octanol–water partition coefficient (Wildman–Crippen LogP) is 2.28. The summed E-state index contributed by atoms with van der Waals surface area (Å²) < 4.78 is 5.19. The van der Waals surface area contributed by atoms with Crippen LogP contribution >= 0.6 is 0 Å². The third-order valence-corrected chi connectivity index (χ3v) is 4.11. The topological polar surface area (TPSA) is 105 Å². The highest BCUT2D eigenvalue weighted by Gasteiger charge is 2.23. The van der Waals surface area contributed by atoms with Crippen LogP contribution in [0.5, 0.6) is 0 Å². The molecule has 0 aliphatic heterocycles. The number of aryl methyl sites for hydroxylation is 1. The summed E-state index contributed by atoms with van der Waals surface area (Å²) in [6.45, 7) is 3.84. The zero-order chi connectivity index (χ0) is 16.8. The number of carbonyl (C=O) groups is 2. The molecule has 7 heteroatoms. The first-order chi connectivity index (χ1) is 11.0. The molecular weight excluding hydrogens is 298 g/mol. The van der Waals surface area contributed by atoms with Gasteiger partial charge in [-0.05, 0) is 25.2 Å². The van der Waals surface area contributed by atoms with E-state index in [0.29, 0.717) is 24.7 Å². The smallest absolute Gasteiger partial charge is 0.326 e. The minimum absolute atomic E-state index is 0.147. The summed E-state index contributed by atoms with van der Waals surface area (Å²) >= 11 is 0. The van der Waals surface area contributed by atoms with Gasteiger partial charge in [0, 0.05) is 18.8 Å². The van der Waals surface area contributed by atoms with E-state index in [1.807, 2.05) is 13.8 Å². The molecule has 1 aromatic heterocycles. The Labute approximate surface area is 135 Å². The van der Waals surface area contributed by atoms with E-state index in [1.54, 1.807) is 0 Å². The van der Waals surface area contributed by atoms with Crippen molar-refractivity contribution >= 4 is 11.9 Å². The zero-order valence-electron chi connectivity index (χ0n) is 13.7. The summed E-state index contributed by atoms with van der Waals surface area (Å²) in [4.78, 5) is 27.4. The van der Waals surface area contributed by atoms with Crippen LogP contribution in [0.4, 0.5) is 0 Å². The Balaban J connectivity index is 1.80. The zero-order valence-corrected chi connectivity index (χ0v) is 13.7. The molecule has 2 rings (SSSR count). The standard InChI is InChI=1S/C16H25N3O4/c1-10(2)9-12(16(21)22)17-13(20)7-8-14-18-15(19-23-14)11-5-3-4-6-11/h10-12H,3-9H2,1-2H3,(H,17,20)(H,21,22)/t12-/m1/s1. The molecule has 0 bridgehead atoms. The van der Waals surface area contributed by atoms with Gasteiger partial charge in [-0.1, -0.05) is 31.8 Å². The number of hydrogen-bond acceptors (Lipinski definition) is 5. The number of aliphatic carboxylic acids is 1. The number of nitrogens with zero attached hydrogens (tertiary/aromatic N) is 2. The van der Waals surface area contributed by atoms with E-state index in [-0.39, 0.29) is 18.2 Å². The summed E-state index contributed by atoms with van der Waals surface area (Å²) in [5, 5.41) is 15.7. The number of amides is 1.